The van der Waals surface area contributed by atoms with Gasteiger partial charge in [-0.3, -0.25) is 4.90 Å². The van der Waals surface area contributed by atoms with Gasteiger partial charge in [-0.25, -0.2) is 0 Å². The van der Waals surface area contributed by atoms with Crippen molar-refractivity contribution in [3.63, 3.8) is 0 Å². The molecule has 0 spiro atoms. The summed E-state index contributed by atoms with van der Waals surface area (Å²) in [5.74, 6) is 0. The van der Waals surface area contributed by atoms with E-state index in [4.69, 9.17) is 10.5 Å². The Labute approximate surface area is 114 Å². The summed E-state index contributed by atoms with van der Waals surface area (Å²) in [7, 11) is 4.02. The Balaban J connectivity index is 1.99. The van der Waals surface area contributed by atoms with Crippen LogP contribution in [0.4, 0.5) is 0 Å². The van der Waals surface area contributed by atoms with Crippen LogP contribution in [0.5, 0.6) is 0 Å². The smallest absolute Gasteiger partial charge is 0.0572 e. The van der Waals surface area contributed by atoms with Gasteiger partial charge in [0.1, 0.15) is 0 Å². The third kappa shape index (κ3) is 2.94. The molecule has 102 valence electrons. The first-order valence-electron chi connectivity index (χ1n) is 6.67. The van der Waals surface area contributed by atoms with E-state index in [1.807, 2.05) is 18.4 Å². The molecule has 0 unspecified atom stereocenters. The SMILES string of the molecule is COC1CCC(CN)(N(C)Cc2cccs2)CC1. The molecule has 4 heteroatoms. The van der Waals surface area contributed by atoms with Crippen LogP contribution in [0.2, 0.25) is 0 Å². The summed E-state index contributed by atoms with van der Waals surface area (Å²) in [5.41, 5.74) is 6.24. The van der Waals surface area contributed by atoms with Crippen molar-refractivity contribution in [1.82, 2.24) is 4.90 Å². The van der Waals surface area contributed by atoms with Crippen LogP contribution in [-0.4, -0.2) is 37.2 Å². The van der Waals surface area contributed by atoms with Gasteiger partial charge in [0, 0.05) is 30.6 Å². The van der Waals surface area contributed by atoms with Crippen molar-refractivity contribution in [2.24, 2.45) is 5.73 Å². The van der Waals surface area contributed by atoms with E-state index in [1.165, 1.54) is 4.88 Å². The molecule has 1 aromatic rings. The number of thiophene rings is 1. The van der Waals surface area contributed by atoms with Crippen LogP contribution in [0.1, 0.15) is 30.6 Å². The lowest BCUT2D eigenvalue weighted by molar-refractivity contribution is 0.000835. The molecule has 1 aromatic heterocycles. The summed E-state index contributed by atoms with van der Waals surface area (Å²) in [6, 6.07) is 4.32. The zero-order valence-corrected chi connectivity index (χ0v) is 12.2. The minimum Gasteiger partial charge on any atom is -0.381 e. The van der Waals surface area contributed by atoms with Crippen LogP contribution in [0, 0.1) is 0 Å². The highest BCUT2D eigenvalue weighted by Crippen LogP contribution is 2.34. The predicted molar refractivity (Wildman–Crippen MR) is 76.8 cm³/mol. The number of methoxy groups -OCH3 is 1. The molecule has 0 atom stereocenters. The van der Waals surface area contributed by atoms with E-state index in [2.05, 4.69) is 29.5 Å². The van der Waals surface area contributed by atoms with Gasteiger partial charge in [0.2, 0.25) is 0 Å². The van der Waals surface area contributed by atoms with Crippen molar-refractivity contribution in [2.75, 3.05) is 20.7 Å². The third-order valence-electron chi connectivity index (χ3n) is 4.36. The second-order valence-corrected chi connectivity index (χ2v) is 6.33. The van der Waals surface area contributed by atoms with E-state index in [1.54, 1.807) is 0 Å². The summed E-state index contributed by atoms with van der Waals surface area (Å²) in [4.78, 5) is 3.87. The zero-order chi connectivity index (χ0) is 13.0. The minimum atomic E-state index is 0.166. The second kappa shape index (κ2) is 6.15. The van der Waals surface area contributed by atoms with Crippen molar-refractivity contribution in [3.05, 3.63) is 22.4 Å². The van der Waals surface area contributed by atoms with Gasteiger partial charge < -0.3 is 10.5 Å². The predicted octanol–water partition coefficient (Wildman–Crippen LogP) is 2.47. The Bertz CT molecular complexity index is 345. The molecule has 0 radical (unpaired) electrons. The van der Waals surface area contributed by atoms with E-state index >= 15 is 0 Å². The fraction of sp³-hybridized carbons (Fsp3) is 0.714. The molecular weight excluding hydrogens is 244 g/mol. The maximum atomic E-state index is 6.08. The van der Waals surface area contributed by atoms with Crippen LogP contribution in [0.3, 0.4) is 0 Å². The largest absolute Gasteiger partial charge is 0.381 e. The summed E-state index contributed by atoms with van der Waals surface area (Å²) in [6.45, 7) is 1.75. The van der Waals surface area contributed by atoms with Gasteiger partial charge in [-0.1, -0.05) is 6.07 Å². The molecule has 2 rings (SSSR count). The topological polar surface area (TPSA) is 38.5 Å². The first-order chi connectivity index (χ1) is 8.70. The standard InChI is InChI=1S/C14H24N2OS/c1-16(10-13-4-3-9-18-13)14(11-15)7-5-12(17-2)6-8-14/h3-4,9,12H,5-8,10-11,15H2,1-2H3. The number of likely N-dealkylation sites (N-methyl/N-ethyl adjacent to an activating group) is 1. The summed E-state index contributed by atoms with van der Waals surface area (Å²) >= 11 is 1.82. The quantitative estimate of drug-likeness (QED) is 0.891. The average Bonchev–Trinajstić information content (AvgIpc) is 2.91. The molecule has 0 amide bonds. The van der Waals surface area contributed by atoms with Crippen molar-refractivity contribution in [1.29, 1.82) is 0 Å². The molecule has 1 fully saturated rings. The molecule has 1 aliphatic carbocycles. The van der Waals surface area contributed by atoms with Crippen LogP contribution >= 0.6 is 11.3 Å². The molecule has 1 aliphatic rings. The van der Waals surface area contributed by atoms with E-state index < -0.39 is 0 Å². The number of nitrogens with two attached hydrogens (primary N) is 1. The third-order valence-corrected chi connectivity index (χ3v) is 5.22. The first kappa shape index (κ1) is 14.0. The van der Waals surface area contributed by atoms with Crippen LogP contribution in [0.25, 0.3) is 0 Å². The monoisotopic (exact) mass is 268 g/mol. The zero-order valence-electron chi connectivity index (χ0n) is 11.4. The van der Waals surface area contributed by atoms with Crippen molar-refractivity contribution < 1.29 is 4.74 Å². The van der Waals surface area contributed by atoms with E-state index in [9.17, 15) is 0 Å². The molecule has 1 saturated carbocycles. The molecule has 1 heterocycles. The summed E-state index contributed by atoms with van der Waals surface area (Å²) < 4.78 is 5.46. The van der Waals surface area contributed by atoms with Crippen molar-refractivity contribution >= 4 is 11.3 Å². The van der Waals surface area contributed by atoms with Gasteiger partial charge in [0.25, 0.3) is 0 Å². The Morgan fingerprint density at radius 3 is 2.72 bits per heavy atom. The number of hydrogen-bond acceptors (Lipinski definition) is 4. The Hall–Kier alpha value is -0.420. The molecule has 0 bridgehead atoms. The molecule has 18 heavy (non-hydrogen) atoms. The van der Waals surface area contributed by atoms with Gasteiger partial charge in [-0.15, -0.1) is 11.3 Å². The molecule has 3 nitrogen and oxygen atoms in total. The highest BCUT2D eigenvalue weighted by Gasteiger charge is 2.37. The molecule has 0 saturated heterocycles. The molecule has 0 aromatic carbocycles. The lowest BCUT2D eigenvalue weighted by Gasteiger charge is -2.45. The number of nitrogens with zero attached hydrogens (tertiary/aromatic N) is 1. The van der Waals surface area contributed by atoms with Crippen molar-refractivity contribution in [2.45, 2.75) is 43.9 Å². The highest BCUT2D eigenvalue weighted by molar-refractivity contribution is 7.09. The molecular formula is C14H24N2OS. The summed E-state index contributed by atoms with van der Waals surface area (Å²) in [5, 5.41) is 2.14. The van der Waals surface area contributed by atoms with E-state index in [-0.39, 0.29) is 5.54 Å². The van der Waals surface area contributed by atoms with E-state index in [0.717, 1.165) is 38.8 Å². The Kier molecular flexibility index (Phi) is 4.78. The molecule has 0 aliphatic heterocycles. The number of rotatable bonds is 5. The fourth-order valence-electron chi connectivity index (χ4n) is 2.91. The van der Waals surface area contributed by atoms with Gasteiger partial charge in [-0.05, 0) is 44.2 Å². The lowest BCUT2D eigenvalue weighted by Crippen LogP contribution is -2.54. The first-order valence-corrected chi connectivity index (χ1v) is 7.54. The van der Waals surface area contributed by atoms with Crippen LogP contribution in [0.15, 0.2) is 17.5 Å². The second-order valence-electron chi connectivity index (χ2n) is 5.30. The lowest BCUT2D eigenvalue weighted by atomic mass is 9.79. The van der Waals surface area contributed by atoms with Gasteiger partial charge >= 0.3 is 0 Å². The van der Waals surface area contributed by atoms with Gasteiger partial charge in [0.15, 0.2) is 0 Å². The maximum Gasteiger partial charge on any atom is 0.0572 e. The van der Waals surface area contributed by atoms with E-state index in [0.29, 0.717) is 6.10 Å². The van der Waals surface area contributed by atoms with Gasteiger partial charge in [0.05, 0.1) is 6.10 Å². The number of ether oxygens (including phenoxy) is 1. The normalized spacial score (nSPS) is 28.8. The van der Waals surface area contributed by atoms with Crippen LogP contribution in [-0.2, 0) is 11.3 Å². The number of hydrogen-bond donors (Lipinski definition) is 1. The Morgan fingerprint density at radius 1 is 1.50 bits per heavy atom. The van der Waals surface area contributed by atoms with Crippen molar-refractivity contribution in [3.8, 4) is 0 Å². The highest BCUT2D eigenvalue weighted by atomic mass is 32.1. The summed E-state index contributed by atoms with van der Waals surface area (Å²) in [6.07, 6.45) is 4.97. The minimum absolute atomic E-state index is 0.166. The van der Waals surface area contributed by atoms with Gasteiger partial charge in [-0.2, -0.15) is 0 Å². The fourth-order valence-corrected chi connectivity index (χ4v) is 3.67. The molecule has 2 N–H and O–H groups in total. The maximum absolute atomic E-state index is 6.08. The average molecular weight is 268 g/mol. The Morgan fingerprint density at radius 2 is 2.22 bits per heavy atom. The van der Waals surface area contributed by atoms with Crippen LogP contribution < -0.4 is 5.73 Å².